The maximum Gasteiger partial charge on any atom is 0.269 e. The molecule has 0 fully saturated rings. The first-order chi connectivity index (χ1) is 14.0. The molecule has 0 unspecified atom stereocenters. The second kappa shape index (κ2) is 11.6. The van der Waals surface area contributed by atoms with Crippen molar-refractivity contribution in [2.45, 2.75) is 31.2 Å². The van der Waals surface area contributed by atoms with Gasteiger partial charge in [0.05, 0.1) is 17.7 Å². The van der Waals surface area contributed by atoms with Gasteiger partial charge in [0.15, 0.2) is 5.57 Å². The number of carbonyl (C=O) groups excluding carboxylic acids is 1. The molecular formula is C21H25N3O3S2. The van der Waals surface area contributed by atoms with E-state index in [2.05, 4.69) is 5.32 Å². The average Bonchev–Trinajstić information content (AvgIpc) is 3.03. The van der Waals surface area contributed by atoms with Crippen molar-refractivity contribution in [1.29, 1.82) is 5.26 Å². The van der Waals surface area contributed by atoms with E-state index in [9.17, 15) is 14.9 Å². The van der Waals surface area contributed by atoms with Crippen molar-refractivity contribution in [2.75, 3.05) is 26.5 Å². The minimum Gasteiger partial charge on any atom is -0.383 e. The number of thioether (sulfide) groups is 1. The molecule has 0 aliphatic heterocycles. The van der Waals surface area contributed by atoms with E-state index in [0.29, 0.717) is 22.3 Å². The Morgan fingerprint density at radius 3 is 2.69 bits per heavy atom. The zero-order valence-corrected chi connectivity index (χ0v) is 18.5. The van der Waals surface area contributed by atoms with E-state index in [4.69, 9.17) is 4.74 Å². The van der Waals surface area contributed by atoms with E-state index in [-0.39, 0.29) is 17.7 Å². The van der Waals surface area contributed by atoms with Crippen molar-refractivity contribution in [3.63, 3.8) is 0 Å². The minimum atomic E-state index is -0.454. The van der Waals surface area contributed by atoms with Crippen molar-refractivity contribution in [1.82, 2.24) is 9.88 Å². The van der Waals surface area contributed by atoms with E-state index < -0.39 is 5.91 Å². The van der Waals surface area contributed by atoms with Gasteiger partial charge in [-0.2, -0.15) is 5.26 Å². The summed E-state index contributed by atoms with van der Waals surface area (Å²) in [5.74, 6) is -0.454. The quantitative estimate of drug-likeness (QED) is 0.483. The number of nitriles is 1. The highest BCUT2D eigenvalue weighted by Crippen LogP contribution is 2.14. The summed E-state index contributed by atoms with van der Waals surface area (Å²) in [5.41, 5.74) is 0.610. The number of methoxy groups -OCH3 is 1. The molecule has 1 heterocycles. The van der Waals surface area contributed by atoms with Crippen molar-refractivity contribution >= 4 is 40.7 Å². The molecule has 0 bridgehead atoms. The first-order valence-electron chi connectivity index (χ1n) is 9.32. The highest BCUT2D eigenvalue weighted by atomic mass is 32.2. The van der Waals surface area contributed by atoms with Gasteiger partial charge in [0.25, 0.3) is 11.5 Å². The topological polar surface area (TPSA) is 84.1 Å². The summed E-state index contributed by atoms with van der Waals surface area (Å²) in [5, 5.41) is 12.4. The van der Waals surface area contributed by atoms with Gasteiger partial charge in [-0.05, 0) is 36.4 Å². The van der Waals surface area contributed by atoms with E-state index in [1.807, 2.05) is 43.5 Å². The lowest BCUT2D eigenvalue weighted by atomic mass is 10.2. The molecule has 0 aliphatic carbocycles. The van der Waals surface area contributed by atoms with Gasteiger partial charge in [-0.3, -0.25) is 14.2 Å². The van der Waals surface area contributed by atoms with Crippen LogP contribution in [-0.4, -0.2) is 37.0 Å². The molecular weight excluding hydrogens is 406 g/mol. The fourth-order valence-corrected chi connectivity index (χ4v) is 4.14. The van der Waals surface area contributed by atoms with E-state index in [0.717, 1.165) is 34.6 Å². The highest BCUT2D eigenvalue weighted by molar-refractivity contribution is 7.98. The third-order valence-electron chi connectivity index (χ3n) is 4.21. The van der Waals surface area contributed by atoms with Crippen LogP contribution in [0.2, 0.25) is 0 Å². The number of unbranched alkanes of at least 4 members (excludes halogenated alkanes) is 1. The van der Waals surface area contributed by atoms with Gasteiger partial charge in [0.2, 0.25) is 0 Å². The number of aromatic nitrogens is 1. The minimum absolute atomic E-state index is 0.0447. The normalized spacial score (nSPS) is 12.6. The van der Waals surface area contributed by atoms with Gasteiger partial charge >= 0.3 is 0 Å². The molecule has 0 aliphatic rings. The van der Waals surface area contributed by atoms with Crippen molar-refractivity contribution < 1.29 is 9.53 Å². The van der Waals surface area contributed by atoms with Gasteiger partial charge in [-0.25, -0.2) is 0 Å². The number of nitrogens with zero attached hydrogens (tertiary/aromatic N) is 2. The highest BCUT2D eigenvalue weighted by Gasteiger charge is 2.15. The Labute approximate surface area is 178 Å². The molecule has 154 valence electrons. The Kier molecular flexibility index (Phi) is 9.19. The molecule has 0 atom stereocenters. The zero-order chi connectivity index (χ0) is 21.2. The molecule has 8 heteroatoms. The molecule has 1 aromatic carbocycles. The molecule has 0 radical (unpaired) electrons. The smallest absolute Gasteiger partial charge is 0.269 e. The van der Waals surface area contributed by atoms with Gasteiger partial charge < -0.3 is 10.1 Å². The number of hydrogen-bond acceptors (Lipinski definition) is 6. The van der Waals surface area contributed by atoms with E-state index in [1.54, 1.807) is 24.9 Å². The Bertz CT molecular complexity index is 1050. The third-order valence-corrected chi connectivity index (χ3v) is 6.08. The van der Waals surface area contributed by atoms with Crippen LogP contribution in [0.15, 0.2) is 34.0 Å². The van der Waals surface area contributed by atoms with E-state index >= 15 is 0 Å². The number of hydrogen-bond donors (Lipinski definition) is 1. The summed E-state index contributed by atoms with van der Waals surface area (Å²) in [6, 6.07) is 9.84. The first kappa shape index (κ1) is 22.9. The summed E-state index contributed by atoms with van der Waals surface area (Å²) >= 11 is 2.80. The fourth-order valence-electron chi connectivity index (χ4n) is 2.61. The number of carbonyl (C=O) groups is 1. The SMILES string of the molecule is CCCCNC(=O)/C(C#N)=c1\s/c(=C\c2ccc(SC)cc2)c(=O)n1CCOC. The largest absolute Gasteiger partial charge is 0.383 e. The lowest BCUT2D eigenvalue weighted by molar-refractivity contribution is -0.115. The number of amides is 1. The molecule has 0 spiro atoms. The predicted molar refractivity (Wildman–Crippen MR) is 118 cm³/mol. The van der Waals surface area contributed by atoms with Crippen LogP contribution < -0.4 is 20.1 Å². The van der Waals surface area contributed by atoms with Crippen LogP contribution in [0.5, 0.6) is 0 Å². The molecule has 29 heavy (non-hydrogen) atoms. The summed E-state index contributed by atoms with van der Waals surface area (Å²) in [6.45, 7) is 3.10. The van der Waals surface area contributed by atoms with E-state index in [1.165, 1.54) is 4.57 Å². The lowest BCUT2D eigenvalue weighted by Gasteiger charge is -2.04. The van der Waals surface area contributed by atoms with Crippen molar-refractivity contribution in [2.24, 2.45) is 0 Å². The van der Waals surface area contributed by atoms with Crippen molar-refractivity contribution in [3.05, 3.63) is 49.4 Å². The zero-order valence-electron chi connectivity index (χ0n) is 16.9. The van der Waals surface area contributed by atoms with Gasteiger partial charge in [0.1, 0.15) is 10.7 Å². The summed E-state index contributed by atoms with van der Waals surface area (Å²) in [6.07, 6.45) is 5.56. The standard InChI is InChI=1S/C21H25N3O3S2/c1-4-5-10-23-19(25)17(14-22)21-24(11-12-27-2)20(26)18(29-21)13-15-6-8-16(28-3)9-7-15/h6-9,13H,4-5,10-12H2,1-3H3,(H,23,25)/b18-13-,21-17-. The Morgan fingerprint density at radius 1 is 1.38 bits per heavy atom. The van der Waals surface area contributed by atoms with Gasteiger partial charge in [-0.15, -0.1) is 23.1 Å². The van der Waals surface area contributed by atoms with Crippen molar-refractivity contribution in [3.8, 4) is 6.07 Å². The van der Waals surface area contributed by atoms with Crippen LogP contribution in [0.3, 0.4) is 0 Å². The predicted octanol–water partition coefficient (Wildman–Crippen LogP) is 1.70. The number of rotatable bonds is 9. The van der Waals surface area contributed by atoms with Crippen LogP contribution in [0.1, 0.15) is 25.3 Å². The first-order valence-corrected chi connectivity index (χ1v) is 11.4. The summed E-state index contributed by atoms with van der Waals surface area (Å²) in [4.78, 5) is 26.6. The fraction of sp³-hybridized carbons (Fsp3) is 0.381. The van der Waals surface area contributed by atoms with Crippen LogP contribution in [0, 0.1) is 11.3 Å². The van der Waals surface area contributed by atoms with Crippen LogP contribution in [-0.2, 0) is 16.1 Å². The molecule has 1 aromatic heterocycles. The maximum absolute atomic E-state index is 13.0. The molecule has 2 aromatic rings. The number of thiazole rings is 1. The second-order valence-electron chi connectivity index (χ2n) is 6.23. The average molecular weight is 432 g/mol. The molecule has 0 saturated heterocycles. The number of ether oxygens (including phenoxy) is 1. The lowest BCUT2D eigenvalue weighted by Crippen LogP contribution is -2.36. The van der Waals surface area contributed by atoms with Crippen LogP contribution in [0.25, 0.3) is 11.6 Å². The Morgan fingerprint density at radius 2 is 2.10 bits per heavy atom. The molecule has 1 amide bonds. The molecule has 2 rings (SSSR count). The number of benzene rings is 1. The summed E-state index contributed by atoms with van der Waals surface area (Å²) < 4.78 is 7.39. The Balaban J connectivity index is 2.59. The second-order valence-corrected chi connectivity index (χ2v) is 8.15. The molecule has 6 nitrogen and oxygen atoms in total. The third kappa shape index (κ3) is 6.07. The van der Waals surface area contributed by atoms with Crippen LogP contribution in [0.4, 0.5) is 0 Å². The molecule has 0 saturated carbocycles. The maximum atomic E-state index is 13.0. The number of nitrogens with one attached hydrogen (secondary N) is 1. The van der Waals surface area contributed by atoms with Gasteiger partial charge in [0, 0.05) is 18.6 Å². The van der Waals surface area contributed by atoms with Crippen LogP contribution >= 0.6 is 23.1 Å². The van der Waals surface area contributed by atoms with Gasteiger partial charge in [-0.1, -0.05) is 25.5 Å². The Hall–Kier alpha value is -2.34. The monoisotopic (exact) mass is 431 g/mol. The summed E-state index contributed by atoms with van der Waals surface area (Å²) in [7, 11) is 1.55. The molecule has 1 N–H and O–H groups in total.